The van der Waals surface area contributed by atoms with Gasteiger partial charge in [-0.15, -0.1) is 0 Å². The molecule has 3 aliphatic carbocycles. The van der Waals surface area contributed by atoms with E-state index in [9.17, 15) is 25.2 Å². The number of rotatable bonds is 44. The molecule has 0 unspecified atom stereocenters. The third-order valence-electron chi connectivity index (χ3n) is 26.3. The molecule has 0 radical (unpaired) electrons. The molecule has 3 saturated carbocycles. The van der Waals surface area contributed by atoms with Crippen LogP contribution in [0.1, 0.15) is 295 Å². The van der Waals surface area contributed by atoms with E-state index < -0.39 is 5.97 Å². The van der Waals surface area contributed by atoms with Crippen LogP contribution in [0.5, 0.6) is 17.2 Å². The Kier molecular flexibility index (Phi) is 41.2. The van der Waals surface area contributed by atoms with Crippen LogP contribution >= 0.6 is 0 Å². The first-order valence-electron chi connectivity index (χ1n) is 47.6. The lowest BCUT2D eigenvalue weighted by Gasteiger charge is -2.29. The molecule has 0 bridgehead atoms. The van der Waals surface area contributed by atoms with Gasteiger partial charge in [-0.05, 0) is 359 Å². The van der Waals surface area contributed by atoms with Crippen molar-refractivity contribution < 1.29 is 54.0 Å². The second-order valence-corrected chi connectivity index (χ2v) is 35.7. The molecule has 0 saturated heterocycles. The van der Waals surface area contributed by atoms with Gasteiger partial charge in [0.05, 0.1) is 13.2 Å². The fraction of sp³-hybridized carbons (Fsp3) is 0.491. The van der Waals surface area contributed by atoms with Gasteiger partial charge in [-0.3, -0.25) is 0 Å². The van der Waals surface area contributed by atoms with Gasteiger partial charge in [0.15, 0.2) is 0 Å². The minimum absolute atomic E-state index is 0.0611. The van der Waals surface area contributed by atoms with E-state index in [1.54, 1.807) is 13.0 Å². The molecule has 0 aromatic heterocycles. The van der Waals surface area contributed by atoms with Crippen LogP contribution in [-0.4, -0.2) is 89.5 Å². The van der Waals surface area contributed by atoms with Gasteiger partial charge >= 0.3 is 5.97 Å². The average molecular weight is 1670 g/mol. The fourth-order valence-electron chi connectivity index (χ4n) is 19.2. The van der Waals surface area contributed by atoms with Crippen LogP contribution in [0.2, 0.25) is 0 Å². The number of aryl methyl sites for hydroxylation is 5. The maximum absolute atomic E-state index is 15.5. The molecular weight excluding hydrogens is 1520 g/mol. The number of carbonyl (C=O) groups is 1. The SMILES string of the molecule is C=C(C)C(=O)Oc1cc(-c2ccc(C3CCC(CCCCC)CC3)cc2C)cc(-c2cccc(CCCO)c2)c1CCCCCO.CCCC1CCC(c2ccc(-c3ccc(OCCCCO)c(-c4cccc(OCCO)c4)c3)c(F)c2)CC1.CCCCC1CCC(c2ccc(-c3ccc(CCCCCO)c(-c4cccc(CCCO)c4)c3)c(C)c2)CC1. The molecule has 9 aromatic carbocycles. The third kappa shape index (κ3) is 29.5. The summed E-state index contributed by atoms with van der Waals surface area (Å²) < 4.78 is 33.3. The maximum atomic E-state index is 15.5. The summed E-state index contributed by atoms with van der Waals surface area (Å²) in [6.45, 7) is 18.4. The molecule has 123 heavy (non-hydrogen) atoms. The highest BCUT2D eigenvalue weighted by Gasteiger charge is 2.28. The molecule has 9 aromatic rings. The Labute approximate surface area is 738 Å². The van der Waals surface area contributed by atoms with Crippen LogP contribution in [0, 0.1) is 37.4 Å². The van der Waals surface area contributed by atoms with Gasteiger partial charge in [0.1, 0.15) is 29.7 Å². The number of ether oxygens (including phenoxy) is 3. The summed E-state index contributed by atoms with van der Waals surface area (Å²) in [5.41, 5.74) is 24.5. The van der Waals surface area contributed by atoms with Crippen molar-refractivity contribution >= 4 is 5.97 Å². The number of carbonyl (C=O) groups excluding carboxylic acids is 1. The average Bonchev–Trinajstić information content (AvgIpc) is 0.769. The minimum atomic E-state index is -0.422. The van der Waals surface area contributed by atoms with Gasteiger partial charge in [0.2, 0.25) is 0 Å². The van der Waals surface area contributed by atoms with E-state index in [4.69, 9.17) is 24.4 Å². The monoisotopic (exact) mass is 1670 g/mol. The topological polar surface area (TPSA) is 166 Å². The van der Waals surface area contributed by atoms with E-state index in [1.165, 1.54) is 183 Å². The summed E-state index contributed by atoms with van der Waals surface area (Å²) in [5, 5.41) is 55.6. The zero-order valence-corrected chi connectivity index (χ0v) is 75.5. The number of halogens is 1. The number of hydrogen-bond acceptors (Lipinski definition) is 10. The van der Waals surface area contributed by atoms with Crippen molar-refractivity contribution in [3.63, 3.8) is 0 Å². The van der Waals surface area contributed by atoms with Crippen LogP contribution in [0.4, 0.5) is 4.39 Å². The van der Waals surface area contributed by atoms with Gasteiger partial charge in [0, 0.05) is 55.3 Å². The van der Waals surface area contributed by atoms with Crippen molar-refractivity contribution in [1.82, 2.24) is 0 Å². The Balaban J connectivity index is 0.000000194. The van der Waals surface area contributed by atoms with Crippen molar-refractivity contribution in [1.29, 1.82) is 0 Å². The van der Waals surface area contributed by atoms with Crippen LogP contribution in [0.3, 0.4) is 0 Å². The zero-order chi connectivity index (χ0) is 87.1. The Morgan fingerprint density at radius 3 is 1.39 bits per heavy atom. The van der Waals surface area contributed by atoms with Crippen molar-refractivity contribution in [2.45, 2.75) is 284 Å². The Bertz CT molecular complexity index is 4670. The minimum Gasteiger partial charge on any atom is -0.493 e. The number of benzene rings is 9. The van der Waals surface area contributed by atoms with Crippen LogP contribution in [0.25, 0.3) is 66.8 Å². The standard InChI is InChI=1S/C42H56O4.C37H50O2.C33H41FO4/c1-5-6-8-13-32-18-20-34(21-19-32)35-22-23-38(31(4)26-35)37-28-40(36-16-11-14-33(27-36)15-12-25-44)39(17-9-7-10-24-43)41(29-37)46-42(45)30(2)3;1-3-4-10-29-15-17-31(18-16-29)33-21-22-36(28(2)25-33)35-20-19-32(13-6-5-7-23-38)37(27-35)34-14-8-11-30(26-34)12-9-24-39;1-2-6-24-9-11-25(12-10-24)26-13-15-30(32(34)23-26)28-14-16-33(38-19-4-3-17-35)31(22-28)27-7-5-8-29(21-27)37-20-18-36/h11,14,16,22-23,26-29,32,34,43-44H,2,5-10,12-13,15,17-21,24-25H2,1,3-4H3;8,11,14,19-22,25-27,29,31,38-39H,3-7,9-10,12-13,15-18,23-24H2,1-2H3;5,7-8,13-16,21-25,35-36H,2-4,6,9-12,17-20H2,1H3. The molecule has 6 N–H and O–H groups in total. The summed E-state index contributed by atoms with van der Waals surface area (Å²) in [7, 11) is 0. The molecular formula is C112H147FO10. The first-order valence-corrected chi connectivity index (χ1v) is 47.6. The van der Waals surface area contributed by atoms with E-state index in [0.717, 1.165) is 158 Å². The summed E-state index contributed by atoms with van der Waals surface area (Å²) in [6.07, 6.45) is 39.5. The van der Waals surface area contributed by atoms with Crippen molar-refractivity contribution in [2.75, 3.05) is 52.9 Å². The summed E-state index contributed by atoms with van der Waals surface area (Å²) >= 11 is 0. The van der Waals surface area contributed by atoms with E-state index in [1.807, 2.05) is 54.6 Å². The second-order valence-electron chi connectivity index (χ2n) is 35.7. The Hall–Kier alpha value is -8.52. The second kappa shape index (κ2) is 52.4. The quantitative estimate of drug-likeness (QED) is 0.00937. The first-order chi connectivity index (χ1) is 60.1. The first kappa shape index (κ1) is 96.7. The lowest BCUT2D eigenvalue weighted by Crippen LogP contribution is -2.13. The lowest BCUT2D eigenvalue weighted by molar-refractivity contribution is -0.130. The molecule has 11 heteroatoms. The van der Waals surface area contributed by atoms with E-state index in [-0.39, 0.29) is 52.1 Å². The van der Waals surface area contributed by atoms with Gasteiger partial charge in [0.25, 0.3) is 0 Å². The molecule has 12 rings (SSSR count). The van der Waals surface area contributed by atoms with E-state index in [0.29, 0.717) is 65.6 Å². The number of unbranched alkanes of at least 4 members (excludes halogenated alkanes) is 8. The van der Waals surface area contributed by atoms with Gasteiger partial charge in [-0.25, -0.2) is 9.18 Å². The van der Waals surface area contributed by atoms with Crippen LogP contribution in [-0.2, 0) is 30.5 Å². The van der Waals surface area contributed by atoms with E-state index in [2.05, 4.69) is 156 Å². The summed E-state index contributed by atoms with van der Waals surface area (Å²) in [6, 6.07) is 62.0. The van der Waals surface area contributed by atoms with Crippen molar-refractivity contribution in [3.05, 3.63) is 244 Å². The zero-order valence-electron chi connectivity index (χ0n) is 75.5. The smallest absolute Gasteiger partial charge is 0.338 e. The number of aliphatic hydroxyl groups is 6. The highest BCUT2D eigenvalue weighted by Crippen LogP contribution is 2.46. The van der Waals surface area contributed by atoms with E-state index >= 15 is 4.39 Å². The van der Waals surface area contributed by atoms with Crippen molar-refractivity contribution in [3.8, 4) is 84.0 Å². The number of aliphatic hydroxyl groups excluding tert-OH is 6. The molecule has 3 fully saturated rings. The van der Waals surface area contributed by atoms with Crippen LogP contribution in [0.15, 0.2) is 188 Å². The Morgan fingerprint density at radius 2 is 0.846 bits per heavy atom. The highest BCUT2D eigenvalue weighted by atomic mass is 19.1. The highest BCUT2D eigenvalue weighted by molar-refractivity contribution is 5.90. The molecule has 0 spiro atoms. The predicted octanol–water partition coefficient (Wildman–Crippen LogP) is 27.5. The van der Waals surface area contributed by atoms with Gasteiger partial charge < -0.3 is 44.8 Å². The summed E-state index contributed by atoms with van der Waals surface area (Å²) in [4.78, 5) is 12.9. The molecule has 662 valence electrons. The molecule has 0 aliphatic heterocycles. The fourth-order valence-corrected chi connectivity index (χ4v) is 19.2. The van der Waals surface area contributed by atoms with Crippen LogP contribution < -0.4 is 14.2 Å². The molecule has 0 atom stereocenters. The van der Waals surface area contributed by atoms with Gasteiger partial charge in [-0.2, -0.15) is 0 Å². The lowest BCUT2D eigenvalue weighted by atomic mass is 9.76. The molecule has 3 aliphatic rings. The van der Waals surface area contributed by atoms with Gasteiger partial charge in [-0.1, -0.05) is 225 Å². The molecule has 0 heterocycles. The molecule has 0 amide bonds. The summed E-state index contributed by atoms with van der Waals surface area (Å²) in [5.74, 6) is 5.77. The predicted molar refractivity (Wildman–Crippen MR) is 509 cm³/mol. The largest absolute Gasteiger partial charge is 0.493 e. The number of hydrogen-bond donors (Lipinski definition) is 6. The molecule has 10 nitrogen and oxygen atoms in total. The maximum Gasteiger partial charge on any atom is 0.338 e. The Morgan fingerprint density at radius 1 is 0.366 bits per heavy atom. The number of esters is 1. The third-order valence-corrected chi connectivity index (χ3v) is 26.3. The normalized spacial score (nSPS) is 17.0. The van der Waals surface area contributed by atoms with Crippen molar-refractivity contribution in [2.24, 2.45) is 17.8 Å².